The predicted octanol–water partition coefficient (Wildman–Crippen LogP) is 7.68. The molecule has 0 amide bonds. The van der Waals surface area contributed by atoms with Crippen molar-refractivity contribution >= 4 is 5.97 Å². The van der Waals surface area contributed by atoms with Crippen LogP contribution < -0.4 is 9.47 Å². The third-order valence-electron chi connectivity index (χ3n) is 6.47. The molecule has 3 aromatic rings. The Balaban J connectivity index is 1.44. The summed E-state index contributed by atoms with van der Waals surface area (Å²) in [6.45, 7) is 9.44. The summed E-state index contributed by atoms with van der Waals surface area (Å²) in [5, 5.41) is 0. The van der Waals surface area contributed by atoms with Crippen LogP contribution >= 0.6 is 0 Å². The minimum Gasteiger partial charge on any atom is -0.494 e. The van der Waals surface area contributed by atoms with Gasteiger partial charge < -0.3 is 18.9 Å². The molecule has 0 N–H and O–H groups in total. The summed E-state index contributed by atoms with van der Waals surface area (Å²) in [5.41, 5.74) is 2.85. The first-order chi connectivity index (χ1) is 19.5. The van der Waals surface area contributed by atoms with E-state index >= 15 is 0 Å². The van der Waals surface area contributed by atoms with Gasteiger partial charge in [-0.2, -0.15) is 0 Å². The summed E-state index contributed by atoms with van der Waals surface area (Å²) in [6, 6.07) is 15.6. The highest BCUT2D eigenvalue weighted by molar-refractivity contribution is 5.74. The van der Waals surface area contributed by atoms with Crippen LogP contribution in [-0.4, -0.2) is 48.0 Å². The highest BCUT2D eigenvalue weighted by atomic mass is 16.6. The van der Waals surface area contributed by atoms with Crippen molar-refractivity contribution in [3.05, 3.63) is 60.9 Å². The van der Waals surface area contributed by atoms with Crippen LogP contribution in [0.4, 0.5) is 0 Å². The molecule has 216 valence electrons. The monoisotopic (exact) mass is 548 g/mol. The van der Waals surface area contributed by atoms with Gasteiger partial charge in [-0.3, -0.25) is 0 Å². The molecule has 0 bridgehead atoms. The molecule has 2 atom stereocenters. The molecule has 2 unspecified atom stereocenters. The summed E-state index contributed by atoms with van der Waals surface area (Å²) in [6.07, 6.45) is 10.6. The Labute approximate surface area is 239 Å². The molecule has 0 fully saturated rings. The van der Waals surface area contributed by atoms with E-state index in [2.05, 4.69) is 23.8 Å². The van der Waals surface area contributed by atoms with Gasteiger partial charge in [0.2, 0.25) is 0 Å². The fraction of sp³-hybridized carbons (Fsp3) is 0.485. The third kappa shape index (κ3) is 10.6. The van der Waals surface area contributed by atoms with Crippen molar-refractivity contribution in [2.24, 2.45) is 0 Å². The average molecular weight is 549 g/mol. The van der Waals surface area contributed by atoms with E-state index in [1.807, 2.05) is 67.8 Å². The number of esters is 1. The van der Waals surface area contributed by atoms with E-state index in [4.69, 9.17) is 18.9 Å². The quantitative estimate of drug-likeness (QED) is 0.119. The number of unbranched alkanes of at least 4 members (excludes halogenated alkanes) is 5. The number of carbonyl (C=O) groups excluding carboxylic acids is 1. The molecule has 7 heteroatoms. The Hall–Kier alpha value is -3.45. The molecule has 0 saturated carbocycles. The van der Waals surface area contributed by atoms with Crippen molar-refractivity contribution in [3.8, 4) is 34.0 Å². The lowest BCUT2D eigenvalue weighted by Crippen LogP contribution is -2.30. The Morgan fingerprint density at radius 2 is 1.27 bits per heavy atom. The van der Waals surface area contributed by atoms with Crippen LogP contribution in [0.2, 0.25) is 0 Å². The fourth-order valence-electron chi connectivity index (χ4n) is 4.01. The molecule has 0 spiro atoms. The minimum absolute atomic E-state index is 0.258. The van der Waals surface area contributed by atoms with Crippen LogP contribution in [0.25, 0.3) is 22.5 Å². The number of rotatable bonds is 18. The minimum atomic E-state index is -0.578. The normalized spacial score (nSPS) is 12.5. The van der Waals surface area contributed by atoms with E-state index in [-0.39, 0.29) is 18.7 Å². The molecule has 0 aliphatic heterocycles. The second-order valence-corrected chi connectivity index (χ2v) is 10.0. The summed E-state index contributed by atoms with van der Waals surface area (Å²) in [4.78, 5) is 21.3. The van der Waals surface area contributed by atoms with Crippen molar-refractivity contribution in [3.63, 3.8) is 0 Å². The number of carbonyl (C=O) groups is 1. The molecular formula is C33H44N2O5. The van der Waals surface area contributed by atoms with E-state index in [1.54, 1.807) is 6.92 Å². The van der Waals surface area contributed by atoms with E-state index in [9.17, 15) is 4.79 Å². The first-order valence-electron chi connectivity index (χ1n) is 14.6. The lowest BCUT2D eigenvalue weighted by Gasteiger charge is -2.18. The van der Waals surface area contributed by atoms with Crippen LogP contribution in [0.15, 0.2) is 60.9 Å². The summed E-state index contributed by atoms with van der Waals surface area (Å²) < 4.78 is 22.7. The Bertz CT molecular complexity index is 1120. The summed E-state index contributed by atoms with van der Waals surface area (Å²) >= 11 is 0. The zero-order valence-corrected chi connectivity index (χ0v) is 24.4. The maximum absolute atomic E-state index is 12.2. The molecule has 1 aromatic heterocycles. The number of hydrogen-bond donors (Lipinski definition) is 0. The lowest BCUT2D eigenvalue weighted by atomic mass is 10.1. The van der Waals surface area contributed by atoms with Crippen molar-refractivity contribution in [1.29, 1.82) is 0 Å². The van der Waals surface area contributed by atoms with Gasteiger partial charge in [0.05, 0.1) is 6.61 Å². The smallest absolute Gasteiger partial charge is 0.335 e. The van der Waals surface area contributed by atoms with Crippen molar-refractivity contribution < 1.29 is 23.7 Å². The van der Waals surface area contributed by atoms with Gasteiger partial charge in [0.25, 0.3) is 0 Å². The maximum atomic E-state index is 12.2. The highest BCUT2D eigenvalue weighted by Gasteiger charge is 2.18. The van der Waals surface area contributed by atoms with Crippen molar-refractivity contribution in [2.45, 2.75) is 84.8 Å². The fourth-order valence-corrected chi connectivity index (χ4v) is 4.01. The molecule has 40 heavy (non-hydrogen) atoms. The molecule has 0 aliphatic rings. The van der Waals surface area contributed by atoms with Gasteiger partial charge in [0, 0.05) is 30.1 Å². The van der Waals surface area contributed by atoms with Gasteiger partial charge in [0.15, 0.2) is 11.9 Å². The van der Waals surface area contributed by atoms with Gasteiger partial charge in [-0.25, -0.2) is 14.8 Å². The molecule has 1 heterocycles. The molecule has 2 aromatic carbocycles. The van der Waals surface area contributed by atoms with E-state index in [0.717, 1.165) is 54.7 Å². The highest BCUT2D eigenvalue weighted by Crippen LogP contribution is 2.24. The zero-order chi connectivity index (χ0) is 28.6. The van der Waals surface area contributed by atoms with E-state index < -0.39 is 6.10 Å². The maximum Gasteiger partial charge on any atom is 0.335 e. The molecular weight excluding hydrogens is 504 g/mol. The van der Waals surface area contributed by atoms with Gasteiger partial charge in [-0.1, -0.05) is 58.1 Å². The standard InChI is InChI=1S/C33H44N2O5/c1-5-7-9-11-21-38-30-18-14-28(15-19-30)32-34-22-29(23-35-32)27-12-16-31(17-13-27)39-24-25(3)40-33(36)26(4)37-20-10-8-6-2/h12-19,22-23,25-26H,5-11,20-21,24H2,1-4H3. The Morgan fingerprint density at radius 3 is 1.93 bits per heavy atom. The Kier molecular flexibility index (Phi) is 13.4. The van der Waals surface area contributed by atoms with Gasteiger partial charge in [-0.05, 0) is 68.7 Å². The van der Waals surface area contributed by atoms with E-state index in [1.165, 1.54) is 19.3 Å². The third-order valence-corrected chi connectivity index (χ3v) is 6.47. The SMILES string of the molecule is CCCCCCOc1ccc(-c2ncc(-c3ccc(OCC(C)OC(=O)C(C)OCCCCC)cc3)cn2)cc1. The number of ether oxygens (including phenoxy) is 4. The second kappa shape index (κ2) is 17.3. The van der Waals surface area contributed by atoms with Gasteiger partial charge >= 0.3 is 5.97 Å². The number of benzene rings is 2. The number of nitrogens with zero attached hydrogens (tertiary/aromatic N) is 2. The molecule has 0 saturated heterocycles. The van der Waals surface area contributed by atoms with Crippen molar-refractivity contribution in [2.75, 3.05) is 19.8 Å². The largest absolute Gasteiger partial charge is 0.494 e. The van der Waals surface area contributed by atoms with Crippen LogP contribution in [0.1, 0.15) is 72.6 Å². The summed E-state index contributed by atoms with van der Waals surface area (Å²) in [7, 11) is 0. The topological polar surface area (TPSA) is 79.8 Å². The zero-order valence-electron chi connectivity index (χ0n) is 24.4. The second-order valence-electron chi connectivity index (χ2n) is 10.0. The first-order valence-corrected chi connectivity index (χ1v) is 14.6. The lowest BCUT2D eigenvalue weighted by molar-refractivity contribution is -0.162. The number of aromatic nitrogens is 2. The molecule has 3 rings (SSSR count). The number of hydrogen-bond acceptors (Lipinski definition) is 7. The van der Waals surface area contributed by atoms with Crippen LogP contribution in [0.3, 0.4) is 0 Å². The van der Waals surface area contributed by atoms with Crippen LogP contribution in [0.5, 0.6) is 11.5 Å². The summed E-state index contributed by atoms with van der Waals surface area (Å²) in [5.74, 6) is 1.87. The van der Waals surface area contributed by atoms with Gasteiger partial charge in [0.1, 0.15) is 24.2 Å². The Morgan fingerprint density at radius 1 is 0.700 bits per heavy atom. The predicted molar refractivity (Wildman–Crippen MR) is 159 cm³/mol. The average Bonchev–Trinajstić information content (AvgIpc) is 2.99. The van der Waals surface area contributed by atoms with Crippen LogP contribution in [-0.2, 0) is 14.3 Å². The van der Waals surface area contributed by atoms with Crippen molar-refractivity contribution in [1.82, 2.24) is 9.97 Å². The molecule has 7 nitrogen and oxygen atoms in total. The van der Waals surface area contributed by atoms with E-state index in [0.29, 0.717) is 18.2 Å². The molecule has 0 radical (unpaired) electrons. The molecule has 0 aliphatic carbocycles. The first kappa shape index (κ1) is 31.1. The van der Waals surface area contributed by atoms with Gasteiger partial charge in [-0.15, -0.1) is 0 Å². The van der Waals surface area contributed by atoms with Crippen LogP contribution in [0, 0.1) is 0 Å².